The lowest BCUT2D eigenvalue weighted by atomic mass is 9.82. The van der Waals surface area contributed by atoms with Gasteiger partial charge < -0.3 is 9.32 Å². The average molecular weight is 345 g/mol. The first kappa shape index (κ1) is 14.6. The molecule has 1 aliphatic rings. The second kappa shape index (κ2) is 5.61. The summed E-state index contributed by atoms with van der Waals surface area (Å²) in [6.45, 7) is 3.74. The Hall–Kier alpha value is -1.93. The van der Waals surface area contributed by atoms with Crippen LogP contribution in [0.2, 0.25) is 0 Å². The zero-order valence-electron chi connectivity index (χ0n) is 12.8. The van der Waals surface area contributed by atoms with Crippen molar-refractivity contribution >= 4 is 28.9 Å². The van der Waals surface area contributed by atoms with E-state index >= 15 is 0 Å². The van der Waals surface area contributed by atoms with E-state index in [9.17, 15) is 0 Å². The van der Waals surface area contributed by atoms with Gasteiger partial charge in [0.05, 0.1) is 11.6 Å². The van der Waals surface area contributed by atoms with Crippen molar-refractivity contribution in [2.24, 2.45) is 0 Å². The molecular formula is C15H15N5OS2. The molecule has 0 N–H and O–H groups in total. The lowest BCUT2D eigenvalue weighted by molar-refractivity contribution is 0.283. The highest BCUT2D eigenvalue weighted by atomic mass is 32.2. The van der Waals surface area contributed by atoms with Gasteiger partial charge in [0, 0.05) is 30.4 Å². The van der Waals surface area contributed by atoms with Gasteiger partial charge in [0.2, 0.25) is 5.89 Å². The van der Waals surface area contributed by atoms with Gasteiger partial charge in [-0.25, -0.2) is 4.98 Å². The Balaban J connectivity index is 1.54. The van der Waals surface area contributed by atoms with Crippen molar-refractivity contribution in [2.45, 2.75) is 17.2 Å². The molecule has 0 unspecified atom stereocenters. The number of thiophene rings is 1. The molecule has 0 saturated carbocycles. The Bertz CT molecular complexity index is 810. The third-order valence-corrected chi connectivity index (χ3v) is 5.75. The molecule has 23 heavy (non-hydrogen) atoms. The van der Waals surface area contributed by atoms with E-state index in [4.69, 9.17) is 4.42 Å². The minimum Gasteiger partial charge on any atom is -0.419 e. The minimum absolute atomic E-state index is 0.139. The minimum atomic E-state index is -0.139. The maximum absolute atomic E-state index is 5.97. The van der Waals surface area contributed by atoms with Crippen molar-refractivity contribution in [3.63, 3.8) is 0 Å². The lowest BCUT2D eigenvalue weighted by Crippen LogP contribution is -2.58. The molecule has 0 atom stereocenters. The molecule has 1 aliphatic heterocycles. The number of hydrogen-bond acceptors (Lipinski definition) is 8. The summed E-state index contributed by atoms with van der Waals surface area (Å²) in [5.41, 5.74) is -0.139. The maximum Gasteiger partial charge on any atom is 0.258 e. The number of hydrogen-bond donors (Lipinski definition) is 0. The maximum atomic E-state index is 5.97. The van der Waals surface area contributed by atoms with Crippen LogP contribution in [0, 0.1) is 0 Å². The molecule has 1 fully saturated rings. The normalized spacial score (nSPS) is 16.3. The fourth-order valence-corrected chi connectivity index (χ4v) is 4.39. The van der Waals surface area contributed by atoms with Crippen LogP contribution >= 0.6 is 23.1 Å². The molecule has 6 nitrogen and oxygen atoms in total. The van der Waals surface area contributed by atoms with Crippen LogP contribution in [-0.2, 0) is 5.41 Å². The third-order valence-electron chi connectivity index (χ3n) is 3.94. The molecule has 118 valence electrons. The van der Waals surface area contributed by atoms with Gasteiger partial charge >= 0.3 is 0 Å². The topological polar surface area (TPSA) is 67.9 Å². The van der Waals surface area contributed by atoms with Gasteiger partial charge in [0.25, 0.3) is 5.89 Å². The number of anilines is 1. The molecular weight excluding hydrogens is 330 g/mol. The fourth-order valence-electron chi connectivity index (χ4n) is 2.72. The molecule has 0 aliphatic carbocycles. The van der Waals surface area contributed by atoms with E-state index in [2.05, 4.69) is 44.3 Å². The SMILES string of the molecule is CSc1ccsc1-c1nnc(C2(C)CN(c3cnccn3)C2)o1. The van der Waals surface area contributed by atoms with Crippen LogP contribution in [-0.4, -0.2) is 39.5 Å². The lowest BCUT2D eigenvalue weighted by Gasteiger charge is -2.46. The van der Waals surface area contributed by atoms with Crippen molar-refractivity contribution in [3.05, 3.63) is 35.9 Å². The quantitative estimate of drug-likeness (QED) is 0.673. The Morgan fingerprint density at radius 2 is 2.17 bits per heavy atom. The number of nitrogens with zero attached hydrogens (tertiary/aromatic N) is 5. The van der Waals surface area contributed by atoms with Crippen LogP contribution in [0.15, 0.2) is 39.3 Å². The van der Waals surface area contributed by atoms with Crippen LogP contribution in [0.25, 0.3) is 10.8 Å². The second-order valence-electron chi connectivity index (χ2n) is 5.71. The summed E-state index contributed by atoms with van der Waals surface area (Å²) in [6, 6.07) is 2.08. The highest BCUT2D eigenvalue weighted by Crippen LogP contribution is 2.39. The van der Waals surface area contributed by atoms with E-state index in [-0.39, 0.29) is 5.41 Å². The van der Waals surface area contributed by atoms with Crippen LogP contribution in [0.3, 0.4) is 0 Å². The monoisotopic (exact) mass is 345 g/mol. The van der Waals surface area contributed by atoms with Gasteiger partial charge in [0.1, 0.15) is 10.7 Å². The first-order valence-corrected chi connectivity index (χ1v) is 9.27. The molecule has 4 rings (SSSR count). The average Bonchev–Trinajstić information content (AvgIpc) is 3.21. The molecule has 0 spiro atoms. The predicted octanol–water partition coefficient (Wildman–Crippen LogP) is 3.09. The summed E-state index contributed by atoms with van der Waals surface area (Å²) >= 11 is 3.32. The van der Waals surface area contributed by atoms with E-state index < -0.39 is 0 Å². The molecule has 3 aromatic heterocycles. The standard InChI is InChI=1S/C15H15N5OS2/c1-15(8-20(9-15)11-7-16-4-5-17-11)14-19-18-13(21-14)12-10(22-2)3-6-23-12/h3-7H,8-9H2,1-2H3. The molecule has 4 heterocycles. The van der Waals surface area contributed by atoms with Crippen molar-refractivity contribution in [2.75, 3.05) is 24.2 Å². The van der Waals surface area contributed by atoms with Crippen LogP contribution in [0.1, 0.15) is 12.8 Å². The first-order valence-electron chi connectivity index (χ1n) is 7.16. The van der Waals surface area contributed by atoms with E-state index in [0.29, 0.717) is 11.8 Å². The summed E-state index contributed by atoms with van der Waals surface area (Å²) in [5, 5.41) is 10.6. The summed E-state index contributed by atoms with van der Waals surface area (Å²) in [6.07, 6.45) is 7.21. The first-order chi connectivity index (χ1) is 11.2. The molecule has 0 amide bonds. The Labute approximate surface area is 142 Å². The predicted molar refractivity (Wildman–Crippen MR) is 91.0 cm³/mol. The molecule has 0 bridgehead atoms. The molecule has 8 heteroatoms. The molecule has 3 aromatic rings. The zero-order valence-corrected chi connectivity index (χ0v) is 14.4. The van der Waals surface area contributed by atoms with Crippen molar-refractivity contribution < 1.29 is 4.42 Å². The van der Waals surface area contributed by atoms with E-state index in [1.807, 2.05) is 5.38 Å². The highest BCUT2D eigenvalue weighted by molar-refractivity contribution is 7.98. The Morgan fingerprint density at radius 3 is 2.91 bits per heavy atom. The highest BCUT2D eigenvalue weighted by Gasteiger charge is 2.45. The fraction of sp³-hybridized carbons (Fsp3) is 0.333. The Kier molecular flexibility index (Phi) is 3.57. The summed E-state index contributed by atoms with van der Waals surface area (Å²) in [5.74, 6) is 2.18. The number of aromatic nitrogens is 4. The van der Waals surface area contributed by atoms with Crippen LogP contribution in [0.5, 0.6) is 0 Å². The van der Waals surface area contributed by atoms with Gasteiger partial charge in [-0.15, -0.1) is 33.3 Å². The molecule has 0 aromatic carbocycles. The number of thioether (sulfide) groups is 1. The van der Waals surface area contributed by atoms with Gasteiger partial charge in [0.15, 0.2) is 0 Å². The van der Waals surface area contributed by atoms with Crippen molar-refractivity contribution in [1.82, 2.24) is 20.2 Å². The van der Waals surface area contributed by atoms with E-state index in [0.717, 1.165) is 23.8 Å². The van der Waals surface area contributed by atoms with Gasteiger partial charge in [-0.05, 0) is 24.6 Å². The molecule has 1 saturated heterocycles. The van der Waals surface area contributed by atoms with Gasteiger partial charge in [-0.2, -0.15) is 0 Å². The largest absolute Gasteiger partial charge is 0.419 e. The Morgan fingerprint density at radius 1 is 1.30 bits per heavy atom. The summed E-state index contributed by atoms with van der Waals surface area (Å²) in [7, 11) is 0. The van der Waals surface area contributed by atoms with Crippen molar-refractivity contribution in [1.29, 1.82) is 0 Å². The summed E-state index contributed by atoms with van der Waals surface area (Å²) < 4.78 is 5.97. The van der Waals surface area contributed by atoms with Crippen LogP contribution in [0.4, 0.5) is 5.82 Å². The molecule has 0 radical (unpaired) electrons. The van der Waals surface area contributed by atoms with Gasteiger partial charge in [-0.1, -0.05) is 0 Å². The van der Waals surface area contributed by atoms with Crippen molar-refractivity contribution in [3.8, 4) is 10.8 Å². The smallest absolute Gasteiger partial charge is 0.258 e. The van der Waals surface area contributed by atoms with Crippen LogP contribution < -0.4 is 4.90 Å². The second-order valence-corrected chi connectivity index (χ2v) is 7.47. The zero-order chi connectivity index (χ0) is 15.9. The third kappa shape index (κ3) is 2.51. The van der Waals surface area contributed by atoms with E-state index in [1.165, 1.54) is 4.90 Å². The van der Waals surface area contributed by atoms with E-state index in [1.54, 1.807) is 41.7 Å². The summed E-state index contributed by atoms with van der Waals surface area (Å²) in [4.78, 5) is 12.8. The number of rotatable bonds is 4. The van der Waals surface area contributed by atoms with Gasteiger partial charge in [-0.3, -0.25) is 4.98 Å².